The van der Waals surface area contributed by atoms with Gasteiger partial charge in [-0.3, -0.25) is 14.5 Å². The van der Waals surface area contributed by atoms with Crippen molar-refractivity contribution in [3.63, 3.8) is 0 Å². The van der Waals surface area contributed by atoms with Crippen LogP contribution in [0.1, 0.15) is 50.8 Å². The second kappa shape index (κ2) is 11.6. The van der Waals surface area contributed by atoms with Crippen molar-refractivity contribution in [1.29, 1.82) is 0 Å². The monoisotopic (exact) mass is 555 g/mol. The Morgan fingerprint density at radius 2 is 1.70 bits per heavy atom. The molecule has 194 valence electrons. The molecule has 0 saturated carbocycles. The third-order valence-electron chi connectivity index (χ3n) is 7.46. The molecule has 5 rings (SSSR count). The Morgan fingerprint density at radius 1 is 0.919 bits per heavy atom. The SMILES string of the molecule is Cc1ccccc1C1c2ccsc2CCN1CCC(=O)N1CCCN(C(=O)c2ccc(Cl)c(Cl)c2)CC1. The zero-order valence-corrected chi connectivity index (χ0v) is 23.3. The summed E-state index contributed by atoms with van der Waals surface area (Å²) in [5.41, 5.74) is 4.50. The predicted molar refractivity (Wildman–Crippen MR) is 151 cm³/mol. The molecular formula is C29H31Cl2N3O2S. The molecule has 3 aromatic rings. The van der Waals surface area contributed by atoms with Crippen LogP contribution in [0.2, 0.25) is 10.0 Å². The maximum absolute atomic E-state index is 13.3. The van der Waals surface area contributed by atoms with E-state index in [1.165, 1.54) is 21.6 Å². The lowest BCUT2D eigenvalue weighted by Gasteiger charge is -2.37. The average Bonchev–Trinajstić information content (AvgIpc) is 3.24. The van der Waals surface area contributed by atoms with Gasteiger partial charge in [0, 0.05) is 56.1 Å². The molecule has 5 nitrogen and oxygen atoms in total. The van der Waals surface area contributed by atoms with Crippen LogP contribution in [0.15, 0.2) is 53.9 Å². The van der Waals surface area contributed by atoms with Crippen LogP contribution >= 0.6 is 34.5 Å². The first-order valence-electron chi connectivity index (χ1n) is 12.8. The maximum Gasteiger partial charge on any atom is 0.253 e. The topological polar surface area (TPSA) is 43.9 Å². The number of benzene rings is 2. The molecule has 0 aliphatic carbocycles. The fourth-order valence-corrected chi connectivity index (χ4v) is 6.65. The van der Waals surface area contributed by atoms with Gasteiger partial charge in [0.25, 0.3) is 5.91 Å². The molecule has 1 fully saturated rings. The fraction of sp³-hybridized carbons (Fsp3) is 0.379. The Bertz CT molecular complexity index is 1290. The van der Waals surface area contributed by atoms with E-state index in [0.29, 0.717) is 48.2 Å². The van der Waals surface area contributed by atoms with Crippen LogP contribution in [0, 0.1) is 6.92 Å². The lowest BCUT2D eigenvalue weighted by molar-refractivity contribution is -0.131. The Labute approximate surface area is 232 Å². The average molecular weight is 557 g/mol. The van der Waals surface area contributed by atoms with Crippen molar-refractivity contribution in [2.45, 2.75) is 32.2 Å². The van der Waals surface area contributed by atoms with Gasteiger partial charge >= 0.3 is 0 Å². The smallest absolute Gasteiger partial charge is 0.253 e. The molecule has 1 atom stereocenters. The standard InChI is InChI=1S/C29H31Cl2N3O2S/c1-20-5-2-3-6-22(20)28-23-11-18-37-26(23)9-14-33(28)15-10-27(35)32-12-4-13-34(17-16-32)29(36)21-7-8-24(30)25(31)19-21/h2-3,5-8,11,18-19,28H,4,9-10,12-17H2,1H3. The molecule has 2 aromatic carbocycles. The number of aryl methyl sites for hydroxylation is 1. The van der Waals surface area contributed by atoms with E-state index in [9.17, 15) is 9.59 Å². The van der Waals surface area contributed by atoms with E-state index in [1.54, 1.807) is 18.2 Å². The first kappa shape index (κ1) is 26.2. The summed E-state index contributed by atoms with van der Waals surface area (Å²) in [4.78, 5) is 34.0. The number of carbonyl (C=O) groups excluding carboxylic acids is 2. The molecule has 1 saturated heterocycles. The zero-order valence-electron chi connectivity index (χ0n) is 21.0. The number of rotatable bonds is 5. The minimum absolute atomic E-state index is 0.0752. The van der Waals surface area contributed by atoms with Crippen LogP contribution in [0.25, 0.3) is 0 Å². The first-order valence-corrected chi connectivity index (χ1v) is 14.4. The van der Waals surface area contributed by atoms with Gasteiger partial charge in [0.15, 0.2) is 0 Å². The Kier molecular flexibility index (Phi) is 8.20. The number of halogens is 2. The minimum atomic E-state index is -0.0752. The van der Waals surface area contributed by atoms with Crippen molar-refractivity contribution in [1.82, 2.24) is 14.7 Å². The molecule has 1 unspecified atom stereocenters. The highest BCUT2D eigenvalue weighted by atomic mass is 35.5. The summed E-state index contributed by atoms with van der Waals surface area (Å²) >= 11 is 14.0. The largest absolute Gasteiger partial charge is 0.341 e. The fourth-order valence-electron chi connectivity index (χ4n) is 5.45. The Hall–Kier alpha value is -2.38. The van der Waals surface area contributed by atoms with Crippen molar-refractivity contribution >= 4 is 46.4 Å². The first-order chi connectivity index (χ1) is 17.9. The van der Waals surface area contributed by atoms with Crippen LogP contribution in [-0.2, 0) is 11.2 Å². The van der Waals surface area contributed by atoms with Gasteiger partial charge < -0.3 is 9.80 Å². The molecule has 2 amide bonds. The van der Waals surface area contributed by atoms with E-state index in [2.05, 4.69) is 47.5 Å². The molecule has 0 radical (unpaired) electrons. The third-order valence-corrected chi connectivity index (χ3v) is 9.20. The number of fused-ring (bicyclic) bond motifs is 1. The second-order valence-electron chi connectivity index (χ2n) is 9.75. The lowest BCUT2D eigenvalue weighted by Crippen LogP contribution is -2.41. The van der Waals surface area contributed by atoms with Gasteiger partial charge in [-0.05, 0) is 66.1 Å². The number of thiophene rings is 1. The molecule has 0 spiro atoms. The van der Waals surface area contributed by atoms with Crippen LogP contribution in [-0.4, -0.2) is 65.8 Å². The third kappa shape index (κ3) is 5.73. The quantitative estimate of drug-likeness (QED) is 0.383. The van der Waals surface area contributed by atoms with Crippen molar-refractivity contribution in [3.05, 3.63) is 91.1 Å². The number of hydrogen-bond acceptors (Lipinski definition) is 4. The van der Waals surface area contributed by atoms with Crippen molar-refractivity contribution in [3.8, 4) is 0 Å². The number of nitrogens with zero attached hydrogens (tertiary/aromatic N) is 3. The van der Waals surface area contributed by atoms with Crippen molar-refractivity contribution < 1.29 is 9.59 Å². The van der Waals surface area contributed by atoms with E-state index >= 15 is 0 Å². The summed E-state index contributed by atoms with van der Waals surface area (Å²) in [6, 6.07) is 16.0. The van der Waals surface area contributed by atoms with E-state index in [-0.39, 0.29) is 17.9 Å². The molecule has 0 bridgehead atoms. The van der Waals surface area contributed by atoms with Gasteiger partial charge in [-0.1, -0.05) is 47.5 Å². The number of carbonyl (C=O) groups is 2. The molecule has 8 heteroatoms. The molecule has 37 heavy (non-hydrogen) atoms. The van der Waals surface area contributed by atoms with Crippen molar-refractivity contribution in [2.24, 2.45) is 0 Å². The van der Waals surface area contributed by atoms with E-state index < -0.39 is 0 Å². The Balaban J connectivity index is 1.22. The van der Waals surface area contributed by atoms with E-state index in [4.69, 9.17) is 23.2 Å². The predicted octanol–water partition coefficient (Wildman–Crippen LogP) is 6.08. The molecule has 2 aliphatic rings. The van der Waals surface area contributed by atoms with Crippen LogP contribution in [0.4, 0.5) is 0 Å². The summed E-state index contributed by atoms with van der Waals surface area (Å²) in [6.07, 6.45) is 2.26. The highest BCUT2D eigenvalue weighted by Gasteiger charge is 2.31. The minimum Gasteiger partial charge on any atom is -0.341 e. The molecule has 0 N–H and O–H groups in total. The summed E-state index contributed by atoms with van der Waals surface area (Å²) < 4.78 is 0. The summed E-state index contributed by atoms with van der Waals surface area (Å²) in [6.45, 7) is 6.18. The highest BCUT2D eigenvalue weighted by Crippen LogP contribution is 2.39. The van der Waals surface area contributed by atoms with E-state index in [0.717, 1.165) is 25.9 Å². The number of hydrogen-bond donors (Lipinski definition) is 0. The maximum atomic E-state index is 13.3. The van der Waals surface area contributed by atoms with Gasteiger partial charge in [-0.15, -0.1) is 11.3 Å². The van der Waals surface area contributed by atoms with Crippen molar-refractivity contribution in [2.75, 3.05) is 39.3 Å². The van der Waals surface area contributed by atoms with Gasteiger partial charge in [0.2, 0.25) is 5.91 Å². The molecule has 3 heterocycles. The van der Waals surface area contributed by atoms with Gasteiger partial charge in [-0.2, -0.15) is 0 Å². The van der Waals surface area contributed by atoms with Gasteiger partial charge in [-0.25, -0.2) is 0 Å². The summed E-state index contributed by atoms with van der Waals surface area (Å²) in [7, 11) is 0. The highest BCUT2D eigenvalue weighted by molar-refractivity contribution is 7.10. The molecule has 2 aliphatic heterocycles. The second-order valence-corrected chi connectivity index (χ2v) is 11.6. The number of amides is 2. The lowest BCUT2D eigenvalue weighted by atomic mass is 9.90. The van der Waals surface area contributed by atoms with E-state index in [1.807, 2.05) is 21.1 Å². The van der Waals surface area contributed by atoms with Crippen LogP contribution in [0.3, 0.4) is 0 Å². The molecular weight excluding hydrogens is 525 g/mol. The van der Waals surface area contributed by atoms with Crippen LogP contribution < -0.4 is 0 Å². The van der Waals surface area contributed by atoms with Gasteiger partial charge in [0.05, 0.1) is 16.1 Å². The summed E-state index contributed by atoms with van der Waals surface area (Å²) in [5, 5.41) is 2.99. The van der Waals surface area contributed by atoms with Crippen LogP contribution in [0.5, 0.6) is 0 Å². The normalized spacial score (nSPS) is 18.4. The summed E-state index contributed by atoms with van der Waals surface area (Å²) in [5.74, 6) is 0.0808. The molecule has 1 aromatic heterocycles. The Morgan fingerprint density at radius 3 is 2.51 bits per heavy atom. The zero-order chi connectivity index (χ0) is 25.9. The van der Waals surface area contributed by atoms with Gasteiger partial charge in [0.1, 0.15) is 0 Å².